The highest BCUT2D eigenvalue weighted by Gasteiger charge is 2.19. The summed E-state index contributed by atoms with van der Waals surface area (Å²) in [6.45, 7) is 0. The predicted octanol–water partition coefficient (Wildman–Crippen LogP) is 2.91. The van der Waals surface area contributed by atoms with Crippen LogP contribution in [0.3, 0.4) is 0 Å². The average molecular weight is 261 g/mol. The van der Waals surface area contributed by atoms with E-state index in [1.54, 1.807) is 20.3 Å². The topological polar surface area (TPSA) is 61.6 Å². The van der Waals surface area contributed by atoms with E-state index in [9.17, 15) is 10.1 Å². The first-order valence-electron chi connectivity index (χ1n) is 5.90. The fourth-order valence-corrected chi connectivity index (χ4v) is 2.10. The molecule has 0 N–H and O–H groups in total. The Kier molecular flexibility index (Phi) is 3.85. The molecule has 1 aromatic carbocycles. The van der Waals surface area contributed by atoms with Crippen molar-refractivity contribution in [2.24, 2.45) is 0 Å². The van der Waals surface area contributed by atoms with Crippen LogP contribution in [0.2, 0.25) is 0 Å². The van der Waals surface area contributed by atoms with Gasteiger partial charge in [0.1, 0.15) is 11.5 Å². The van der Waals surface area contributed by atoms with Crippen molar-refractivity contribution in [2.75, 3.05) is 14.2 Å². The molecule has 5 heteroatoms. The van der Waals surface area contributed by atoms with Crippen molar-refractivity contribution in [1.29, 1.82) is 0 Å². The van der Waals surface area contributed by atoms with E-state index < -0.39 is 0 Å². The van der Waals surface area contributed by atoms with Crippen LogP contribution in [0.25, 0.3) is 0 Å². The van der Waals surface area contributed by atoms with Gasteiger partial charge in [-0.15, -0.1) is 0 Å². The molecule has 0 amide bonds. The van der Waals surface area contributed by atoms with Crippen LogP contribution in [0.4, 0.5) is 0 Å². The monoisotopic (exact) mass is 261 g/mol. The molecular weight excluding hydrogens is 246 g/mol. The van der Waals surface area contributed by atoms with Gasteiger partial charge in [0.25, 0.3) is 5.70 Å². The first-order valence-corrected chi connectivity index (χ1v) is 5.90. The minimum atomic E-state index is -0.377. The van der Waals surface area contributed by atoms with Gasteiger partial charge in [-0.25, -0.2) is 0 Å². The van der Waals surface area contributed by atoms with Gasteiger partial charge in [0, 0.05) is 23.6 Å². The number of allylic oxidation sites excluding steroid dienone is 3. The van der Waals surface area contributed by atoms with Crippen molar-refractivity contribution >= 4 is 0 Å². The van der Waals surface area contributed by atoms with Crippen LogP contribution in [0.15, 0.2) is 42.1 Å². The van der Waals surface area contributed by atoms with Crippen LogP contribution in [-0.4, -0.2) is 19.1 Å². The standard InChI is InChI=1S/C14H15NO4/c1-18-12-7-8-13(14(9-12)19-2)10-3-5-11(6-4-10)15(16)17/h3,5-10H,4H2,1-2H3. The molecule has 0 heterocycles. The van der Waals surface area contributed by atoms with Crippen LogP contribution in [0, 0.1) is 10.1 Å². The Balaban J connectivity index is 2.25. The third-order valence-electron chi connectivity index (χ3n) is 3.13. The molecule has 0 spiro atoms. The normalized spacial score (nSPS) is 17.8. The highest BCUT2D eigenvalue weighted by atomic mass is 16.6. The summed E-state index contributed by atoms with van der Waals surface area (Å²) in [5, 5.41) is 10.6. The Morgan fingerprint density at radius 3 is 2.63 bits per heavy atom. The van der Waals surface area contributed by atoms with E-state index in [1.165, 1.54) is 6.08 Å². The quantitative estimate of drug-likeness (QED) is 0.617. The van der Waals surface area contributed by atoms with Crippen LogP contribution >= 0.6 is 0 Å². The minimum absolute atomic E-state index is 0.0876. The Bertz CT molecular complexity index is 548. The van der Waals surface area contributed by atoms with Gasteiger partial charge in [-0.3, -0.25) is 10.1 Å². The maximum Gasteiger partial charge on any atom is 0.265 e. The Morgan fingerprint density at radius 1 is 1.32 bits per heavy atom. The SMILES string of the molecule is COc1ccc(C2C=CC([N+](=O)[O-])=CC2)c(OC)c1. The van der Waals surface area contributed by atoms with Crippen LogP contribution in [-0.2, 0) is 0 Å². The summed E-state index contributed by atoms with van der Waals surface area (Å²) in [7, 11) is 3.20. The fraction of sp³-hybridized carbons (Fsp3) is 0.286. The first kappa shape index (κ1) is 13.1. The van der Waals surface area contributed by atoms with E-state index in [2.05, 4.69) is 0 Å². The third kappa shape index (κ3) is 2.76. The van der Waals surface area contributed by atoms with Crippen molar-refractivity contribution < 1.29 is 14.4 Å². The fourth-order valence-electron chi connectivity index (χ4n) is 2.10. The highest BCUT2D eigenvalue weighted by molar-refractivity contribution is 5.45. The molecule has 0 aliphatic heterocycles. The van der Waals surface area contributed by atoms with Crippen molar-refractivity contribution in [3.63, 3.8) is 0 Å². The molecule has 1 aliphatic rings. The highest BCUT2D eigenvalue weighted by Crippen LogP contribution is 2.35. The zero-order valence-electron chi connectivity index (χ0n) is 10.8. The summed E-state index contributed by atoms with van der Waals surface area (Å²) in [5.74, 6) is 1.54. The molecule has 1 aliphatic carbocycles. The van der Waals surface area contributed by atoms with Gasteiger partial charge < -0.3 is 9.47 Å². The average Bonchev–Trinajstić information content (AvgIpc) is 2.46. The molecule has 2 rings (SSSR count). The Morgan fingerprint density at radius 2 is 2.11 bits per heavy atom. The van der Waals surface area contributed by atoms with E-state index in [-0.39, 0.29) is 16.5 Å². The number of methoxy groups -OCH3 is 2. The van der Waals surface area contributed by atoms with E-state index in [1.807, 2.05) is 24.3 Å². The van der Waals surface area contributed by atoms with E-state index >= 15 is 0 Å². The van der Waals surface area contributed by atoms with Gasteiger partial charge in [0.15, 0.2) is 0 Å². The number of rotatable bonds is 4. The summed E-state index contributed by atoms with van der Waals surface area (Å²) < 4.78 is 10.5. The summed E-state index contributed by atoms with van der Waals surface area (Å²) in [4.78, 5) is 10.3. The van der Waals surface area contributed by atoms with Crippen molar-refractivity contribution in [2.45, 2.75) is 12.3 Å². The molecule has 0 radical (unpaired) electrons. The van der Waals surface area contributed by atoms with E-state index in [0.29, 0.717) is 6.42 Å². The number of hydrogen-bond acceptors (Lipinski definition) is 4. The van der Waals surface area contributed by atoms with Gasteiger partial charge in [-0.2, -0.15) is 0 Å². The Hall–Kier alpha value is -2.30. The molecule has 5 nitrogen and oxygen atoms in total. The number of benzene rings is 1. The summed E-state index contributed by atoms with van der Waals surface area (Å²) in [6.07, 6.45) is 5.60. The maximum absolute atomic E-state index is 10.6. The summed E-state index contributed by atoms with van der Waals surface area (Å²) >= 11 is 0. The second kappa shape index (κ2) is 5.56. The second-order valence-electron chi connectivity index (χ2n) is 4.20. The summed E-state index contributed by atoms with van der Waals surface area (Å²) in [6, 6.07) is 5.60. The maximum atomic E-state index is 10.6. The third-order valence-corrected chi connectivity index (χ3v) is 3.13. The number of nitrogens with zero attached hydrogens (tertiary/aromatic N) is 1. The lowest BCUT2D eigenvalue weighted by molar-refractivity contribution is -0.419. The minimum Gasteiger partial charge on any atom is -0.497 e. The van der Waals surface area contributed by atoms with Crippen molar-refractivity contribution in [3.05, 3.63) is 57.8 Å². The van der Waals surface area contributed by atoms with Gasteiger partial charge >= 0.3 is 0 Å². The molecule has 1 atom stereocenters. The van der Waals surface area contributed by atoms with Gasteiger partial charge in [0.05, 0.1) is 19.1 Å². The number of ether oxygens (including phenoxy) is 2. The lowest BCUT2D eigenvalue weighted by atomic mass is 9.91. The largest absolute Gasteiger partial charge is 0.497 e. The molecular formula is C14H15NO4. The van der Waals surface area contributed by atoms with Crippen LogP contribution in [0.5, 0.6) is 11.5 Å². The Labute approximate surface area is 111 Å². The van der Waals surface area contributed by atoms with E-state index in [0.717, 1.165) is 17.1 Å². The van der Waals surface area contributed by atoms with Crippen LogP contribution < -0.4 is 9.47 Å². The molecule has 1 aromatic rings. The van der Waals surface area contributed by atoms with E-state index in [4.69, 9.17) is 9.47 Å². The number of hydrogen-bond donors (Lipinski definition) is 0. The molecule has 100 valence electrons. The lowest BCUT2D eigenvalue weighted by Crippen LogP contribution is -2.05. The van der Waals surface area contributed by atoms with Gasteiger partial charge in [-0.1, -0.05) is 12.1 Å². The zero-order valence-corrected chi connectivity index (χ0v) is 10.8. The molecule has 19 heavy (non-hydrogen) atoms. The molecule has 0 saturated carbocycles. The first-order chi connectivity index (χ1) is 9.15. The summed E-state index contributed by atoms with van der Waals surface area (Å²) in [5.41, 5.74) is 1.14. The molecule has 1 unspecified atom stereocenters. The van der Waals surface area contributed by atoms with Crippen molar-refractivity contribution in [3.8, 4) is 11.5 Å². The van der Waals surface area contributed by atoms with Gasteiger partial charge in [-0.05, 0) is 18.6 Å². The predicted molar refractivity (Wildman–Crippen MR) is 71.1 cm³/mol. The lowest BCUT2D eigenvalue weighted by Gasteiger charge is -2.17. The van der Waals surface area contributed by atoms with Crippen LogP contribution in [0.1, 0.15) is 17.9 Å². The van der Waals surface area contributed by atoms with Crippen molar-refractivity contribution in [1.82, 2.24) is 0 Å². The zero-order chi connectivity index (χ0) is 13.8. The van der Waals surface area contributed by atoms with Gasteiger partial charge in [0.2, 0.25) is 0 Å². The molecule has 0 aromatic heterocycles. The smallest absolute Gasteiger partial charge is 0.265 e. The molecule has 0 bridgehead atoms. The molecule has 0 fully saturated rings. The molecule has 0 saturated heterocycles. The second-order valence-corrected chi connectivity index (χ2v) is 4.20. The number of nitro groups is 1.